The van der Waals surface area contributed by atoms with E-state index in [1.165, 1.54) is 6.07 Å². The first-order chi connectivity index (χ1) is 10.4. The molecule has 0 fully saturated rings. The van der Waals surface area contributed by atoms with Gasteiger partial charge in [0.25, 0.3) is 5.56 Å². The highest BCUT2D eigenvalue weighted by Crippen LogP contribution is 2.33. The number of benzene rings is 2. The summed E-state index contributed by atoms with van der Waals surface area (Å²) in [7, 11) is 0. The molecule has 0 bridgehead atoms. The van der Waals surface area contributed by atoms with Gasteiger partial charge in [-0.25, -0.2) is 0 Å². The molecule has 0 radical (unpaired) electrons. The van der Waals surface area contributed by atoms with Crippen molar-refractivity contribution in [2.75, 3.05) is 0 Å². The summed E-state index contributed by atoms with van der Waals surface area (Å²) in [6, 6.07) is 13.3. The van der Waals surface area contributed by atoms with Crippen LogP contribution in [0.3, 0.4) is 0 Å². The number of halogens is 4. The van der Waals surface area contributed by atoms with Gasteiger partial charge >= 0.3 is 6.18 Å². The molecule has 0 aliphatic carbocycles. The Morgan fingerprint density at radius 2 is 1.50 bits per heavy atom. The van der Waals surface area contributed by atoms with Gasteiger partial charge in [0, 0.05) is 15.9 Å². The van der Waals surface area contributed by atoms with Crippen molar-refractivity contribution in [3.8, 4) is 5.69 Å². The lowest BCUT2D eigenvalue weighted by atomic mass is 10.1. The van der Waals surface area contributed by atoms with Crippen LogP contribution in [0.5, 0.6) is 0 Å². The number of rotatable bonds is 1. The zero-order valence-corrected chi connectivity index (χ0v) is 12.6. The molecule has 1 aromatic heterocycles. The second kappa shape index (κ2) is 5.28. The molecule has 3 aromatic rings. The van der Waals surface area contributed by atoms with E-state index in [4.69, 9.17) is 0 Å². The molecule has 3 rings (SSSR count). The fourth-order valence-corrected chi connectivity index (χ4v) is 2.91. The fraction of sp³-hybridized carbons (Fsp3) is 0.0625. The Hall–Kier alpha value is -2.08. The summed E-state index contributed by atoms with van der Waals surface area (Å²) in [5.74, 6) is 0. The van der Waals surface area contributed by atoms with Gasteiger partial charge in [-0.2, -0.15) is 13.2 Å². The number of hydrogen-bond acceptors (Lipinski definition) is 1. The third-order valence-electron chi connectivity index (χ3n) is 3.33. The molecule has 2 nitrogen and oxygen atoms in total. The Balaban J connectivity index is 2.44. The molecule has 0 aliphatic heterocycles. The van der Waals surface area contributed by atoms with Gasteiger partial charge in [-0.3, -0.25) is 9.36 Å². The molecule has 0 atom stereocenters. The molecule has 0 N–H and O–H groups in total. The summed E-state index contributed by atoms with van der Waals surface area (Å²) in [5.41, 5.74) is -1.51. The van der Waals surface area contributed by atoms with Crippen molar-refractivity contribution >= 4 is 26.7 Å². The van der Waals surface area contributed by atoms with Gasteiger partial charge in [0.15, 0.2) is 0 Å². The maximum Gasteiger partial charge on any atom is 0.431 e. The van der Waals surface area contributed by atoms with Crippen LogP contribution < -0.4 is 5.56 Å². The second-order valence-corrected chi connectivity index (χ2v) is 5.55. The topological polar surface area (TPSA) is 22.0 Å². The smallest absolute Gasteiger partial charge is 0.272 e. The number of aromatic nitrogens is 1. The van der Waals surface area contributed by atoms with Crippen LogP contribution in [0, 0.1) is 0 Å². The minimum Gasteiger partial charge on any atom is -0.272 e. The van der Waals surface area contributed by atoms with Gasteiger partial charge in [0.2, 0.25) is 0 Å². The number of nitrogens with zero attached hydrogens (tertiary/aromatic N) is 1. The first-order valence-electron chi connectivity index (χ1n) is 6.36. The van der Waals surface area contributed by atoms with Crippen LogP contribution in [0.25, 0.3) is 16.5 Å². The van der Waals surface area contributed by atoms with Crippen LogP contribution >= 0.6 is 15.9 Å². The van der Waals surface area contributed by atoms with Crippen molar-refractivity contribution in [1.82, 2.24) is 4.57 Å². The number of hydrogen-bond donors (Lipinski definition) is 0. The minimum atomic E-state index is -4.62. The van der Waals surface area contributed by atoms with E-state index in [0.717, 1.165) is 28.1 Å². The fourth-order valence-electron chi connectivity index (χ4n) is 2.41. The van der Waals surface area contributed by atoms with E-state index >= 15 is 0 Å². The normalized spacial score (nSPS) is 11.8. The molecular weight excluding hydrogens is 359 g/mol. The Bertz CT molecular complexity index is 915. The van der Waals surface area contributed by atoms with Crippen molar-refractivity contribution in [1.29, 1.82) is 0 Å². The van der Waals surface area contributed by atoms with Gasteiger partial charge in [0.1, 0.15) is 5.69 Å². The molecule has 0 saturated heterocycles. The third kappa shape index (κ3) is 2.43. The summed E-state index contributed by atoms with van der Waals surface area (Å²) in [4.78, 5) is 12.1. The lowest BCUT2D eigenvalue weighted by molar-refractivity contribution is -0.142. The van der Waals surface area contributed by atoms with Crippen LogP contribution in [-0.4, -0.2) is 4.57 Å². The van der Waals surface area contributed by atoms with Crippen LogP contribution in [-0.2, 0) is 6.18 Å². The number of alkyl halides is 3. The van der Waals surface area contributed by atoms with Crippen LogP contribution in [0.15, 0.2) is 63.9 Å². The van der Waals surface area contributed by atoms with Crippen LogP contribution in [0.4, 0.5) is 13.2 Å². The van der Waals surface area contributed by atoms with E-state index < -0.39 is 17.4 Å². The molecule has 0 saturated carbocycles. The third-order valence-corrected chi connectivity index (χ3v) is 4.02. The Morgan fingerprint density at radius 1 is 0.864 bits per heavy atom. The lowest BCUT2D eigenvalue weighted by Crippen LogP contribution is -2.25. The van der Waals surface area contributed by atoms with Crippen molar-refractivity contribution in [3.63, 3.8) is 0 Å². The zero-order valence-electron chi connectivity index (χ0n) is 11.1. The highest BCUT2D eigenvalue weighted by Gasteiger charge is 2.34. The largest absolute Gasteiger partial charge is 0.431 e. The molecule has 2 aromatic carbocycles. The molecule has 112 valence electrons. The Kier molecular flexibility index (Phi) is 3.56. The Morgan fingerprint density at radius 3 is 2.23 bits per heavy atom. The first kappa shape index (κ1) is 14.8. The highest BCUT2D eigenvalue weighted by molar-refractivity contribution is 9.10. The van der Waals surface area contributed by atoms with Gasteiger partial charge < -0.3 is 0 Å². The quantitative estimate of drug-likeness (QED) is 0.607. The van der Waals surface area contributed by atoms with Crippen LogP contribution in [0.2, 0.25) is 0 Å². The molecule has 0 unspecified atom stereocenters. The summed E-state index contributed by atoms with van der Waals surface area (Å²) in [6.45, 7) is 0. The molecule has 1 heterocycles. The van der Waals surface area contributed by atoms with Gasteiger partial charge in [-0.05, 0) is 23.6 Å². The maximum atomic E-state index is 13.2. The van der Waals surface area contributed by atoms with Crippen molar-refractivity contribution in [2.24, 2.45) is 0 Å². The molecule has 6 heteroatoms. The van der Waals surface area contributed by atoms with E-state index in [2.05, 4.69) is 15.9 Å². The zero-order chi connectivity index (χ0) is 15.9. The monoisotopic (exact) mass is 367 g/mol. The number of fused-ring (bicyclic) bond motifs is 1. The van der Waals surface area contributed by atoms with Crippen molar-refractivity contribution in [3.05, 3.63) is 75.1 Å². The van der Waals surface area contributed by atoms with E-state index in [0.29, 0.717) is 9.95 Å². The SMILES string of the molecule is O=c1cccc(C(F)(F)F)n1-c1cccc2c(Br)cccc12. The van der Waals surface area contributed by atoms with E-state index in [9.17, 15) is 18.0 Å². The van der Waals surface area contributed by atoms with Gasteiger partial charge in [-0.15, -0.1) is 0 Å². The minimum absolute atomic E-state index is 0.205. The van der Waals surface area contributed by atoms with Crippen molar-refractivity contribution in [2.45, 2.75) is 6.18 Å². The van der Waals surface area contributed by atoms with Gasteiger partial charge in [0.05, 0.1) is 5.69 Å². The summed E-state index contributed by atoms with van der Waals surface area (Å²) < 4.78 is 41.1. The van der Waals surface area contributed by atoms with E-state index in [-0.39, 0.29) is 5.69 Å². The average molecular weight is 368 g/mol. The van der Waals surface area contributed by atoms with E-state index in [1.54, 1.807) is 30.3 Å². The first-order valence-corrected chi connectivity index (χ1v) is 7.16. The highest BCUT2D eigenvalue weighted by atomic mass is 79.9. The standard InChI is InChI=1S/C16H9BrF3NO/c17-12-6-1-5-11-10(12)4-2-7-13(11)21-14(16(18,19)20)8-3-9-15(21)22/h1-9H. The van der Waals surface area contributed by atoms with Gasteiger partial charge in [-0.1, -0.05) is 46.3 Å². The van der Waals surface area contributed by atoms with Crippen LogP contribution in [0.1, 0.15) is 5.69 Å². The molecular formula is C16H9BrF3NO. The summed E-state index contributed by atoms with van der Waals surface area (Å²) in [6.07, 6.45) is -4.62. The number of pyridine rings is 1. The second-order valence-electron chi connectivity index (χ2n) is 4.69. The summed E-state index contributed by atoms with van der Waals surface area (Å²) >= 11 is 3.37. The molecule has 0 amide bonds. The lowest BCUT2D eigenvalue weighted by Gasteiger charge is -2.17. The van der Waals surface area contributed by atoms with E-state index in [1.807, 2.05) is 0 Å². The maximum absolute atomic E-state index is 13.2. The average Bonchev–Trinajstić information content (AvgIpc) is 2.46. The predicted octanol–water partition coefficient (Wildman–Crippen LogP) is 4.77. The summed E-state index contributed by atoms with van der Waals surface area (Å²) in [5, 5.41) is 1.31. The molecule has 0 aliphatic rings. The van der Waals surface area contributed by atoms with Crippen molar-refractivity contribution < 1.29 is 13.2 Å². The predicted molar refractivity (Wildman–Crippen MR) is 82.2 cm³/mol. The Labute approximate surface area is 131 Å². The molecule has 0 spiro atoms. The molecule has 22 heavy (non-hydrogen) atoms.